The molecule has 1 fully saturated rings. The second-order valence-electron chi connectivity index (χ2n) is 5.32. The van der Waals surface area contributed by atoms with E-state index < -0.39 is 6.04 Å². The van der Waals surface area contributed by atoms with Crippen LogP contribution < -0.4 is 5.32 Å². The molecule has 116 valence electrons. The van der Waals surface area contributed by atoms with Crippen LogP contribution in [0.25, 0.3) is 0 Å². The van der Waals surface area contributed by atoms with Crippen molar-refractivity contribution >= 4 is 17.6 Å². The topological polar surface area (TPSA) is 47.6 Å². The van der Waals surface area contributed by atoms with E-state index in [4.69, 9.17) is 21.1 Å². The van der Waals surface area contributed by atoms with Crippen molar-refractivity contribution in [1.82, 2.24) is 5.32 Å². The van der Waals surface area contributed by atoms with E-state index >= 15 is 0 Å². The highest BCUT2D eigenvalue weighted by molar-refractivity contribution is 6.30. The first kappa shape index (κ1) is 16.3. The van der Waals surface area contributed by atoms with Gasteiger partial charge in [-0.25, -0.2) is 4.79 Å². The Kier molecular flexibility index (Phi) is 6.03. The van der Waals surface area contributed by atoms with E-state index in [1.165, 1.54) is 0 Å². The molecule has 1 N–H and O–H groups in total. The van der Waals surface area contributed by atoms with Crippen molar-refractivity contribution in [3.05, 3.63) is 34.9 Å². The molecule has 0 aromatic heterocycles. The molecule has 1 aliphatic rings. The summed E-state index contributed by atoms with van der Waals surface area (Å²) >= 11 is 5.91. The number of rotatable bonds is 6. The van der Waals surface area contributed by atoms with Gasteiger partial charge in [0.1, 0.15) is 6.04 Å². The lowest BCUT2D eigenvalue weighted by Gasteiger charge is -2.25. The van der Waals surface area contributed by atoms with Crippen molar-refractivity contribution in [1.29, 1.82) is 0 Å². The average molecular weight is 312 g/mol. The maximum absolute atomic E-state index is 12.2. The molecule has 0 aliphatic carbocycles. The number of hydrogen-bond donors (Lipinski definition) is 1. The molecular weight excluding hydrogens is 290 g/mol. The molecule has 4 nitrogen and oxygen atoms in total. The normalized spacial score (nSPS) is 21.0. The summed E-state index contributed by atoms with van der Waals surface area (Å²) in [6.45, 7) is 5.80. The van der Waals surface area contributed by atoms with Crippen LogP contribution in [0, 0.1) is 5.92 Å². The number of carbonyl (C=O) groups is 1. The van der Waals surface area contributed by atoms with Crippen molar-refractivity contribution in [2.24, 2.45) is 5.92 Å². The van der Waals surface area contributed by atoms with Crippen LogP contribution in [0.2, 0.25) is 5.02 Å². The fourth-order valence-corrected chi connectivity index (χ4v) is 2.65. The van der Waals surface area contributed by atoms with Crippen molar-refractivity contribution in [3.63, 3.8) is 0 Å². The SMILES string of the molecule is CCOC(=O)[C@H](N[C@@H](C)[C@@H]1CCOC1)c1ccc(Cl)cc1. The lowest BCUT2D eigenvalue weighted by atomic mass is 9.98. The van der Waals surface area contributed by atoms with Gasteiger partial charge < -0.3 is 9.47 Å². The molecule has 3 atom stereocenters. The van der Waals surface area contributed by atoms with Gasteiger partial charge in [0.15, 0.2) is 0 Å². The number of carbonyl (C=O) groups excluding carboxylic acids is 1. The Hall–Kier alpha value is -1.10. The van der Waals surface area contributed by atoms with Gasteiger partial charge in [0.05, 0.1) is 13.2 Å². The van der Waals surface area contributed by atoms with E-state index in [2.05, 4.69) is 12.2 Å². The van der Waals surface area contributed by atoms with Crippen molar-refractivity contribution in [3.8, 4) is 0 Å². The molecule has 1 aliphatic heterocycles. The Morgan fingerprint density at radius 2 is 2.19 bits per heavy atom. The second-order valence-corrected chi connectivity index (χ2v) is 5.75. The first-order valence-electron chi connectivity index (χ1n) is 7.37. The molecule has 1 aromatic carbocycles. The molecule has 1 saturated heterocycles. The van der Waals surface area contributed by atoms with Crippen LogP contribution >= 0.6 is 11.6 Å². The highest BCUT2D eigenvalue weighted by atomic mass is 35.5. The molecule has 0 saturated carbocycles. The van der Waals surface area contributed by atoms with E-state index in [1.54, 1.807) is 12.1 Å². The minimum absolute atomic E-state index is 0.178. The third kappa shape index (κ3) is 4.43. The molecule has 21 heavy (non-hydrogen) atoms. The lowest BCUT2D eigenvalue weighted by Crippen LogP contribution is -2.40. The number of esters is 1. The molecule has 2 rings (SSSR count). The van der Waals surface area contributed by atoms with Gasteiger partial charge in [-0.15, -0.1) is 0 Å². The predicted octanol–water partition coefficient (Wildman–Crippen LogP) is 2.96. The second kappa shape index (κ2) is 7.78. The Bertz CT molecular complexity index is 457. The van der Waals surface area contributed by atoms with Crippen LogP contribution in [0.5, 0.6) is 0 Å². The highest BCUT2D eigenvalue weighted by Gasteiger charge is 2.28. The van der Waals surface area contributed by atoms with Gasteiger partial charge in [-0.2, -0.15) is 0 Å². The minimum Gasteiger partial charge on any atom is -0.465 e. The van der Waals surface area contributed by atoms with Gasteiger partial charge >= 0.3 is 5.97 Å². The molecule has 0 unspecified atom stereocenters. The summed E-state index contributed by atoms with van der Waals surface area (Å²) in [5.74, 6) is 0.166. The first-order valence-corrected chi connectivity index (χ1v) is 7.75. The van der Waals surface area contributed by atoms with Crippen molar-refractivity contribution in [2.45, 2.75) is 32.4 Å². The largest absolute Gasteiger partial charge is 0.465 e. The van der Waals surface area contributed by atoms with Crippen LogP contribution in [-0.4, -0.2) is 31.8 Å². The van der Waals surface area contributed by atoms with Gasteiger partial charge in [0.2, 0.25) is 0 Å². The van der Waals surface area contributed by atoms with Crippen LogP contribution in [0.3, 0.4) is 0 Å². The lowest BCUT2D eigenvalue weighted by molar-refractivity contribution is -0.146. The van der Waals surface area contributed by atoms with E-state index in [1.807, 2.05) is 19.1 Å². The van der Waals surface area contributed by atoms with Crippen LogP contribution in [-0.2, 0) is 14.3 Å². The van der Waals surface area contributed by atoms with Gasteiger partial charge in [0.25, 0.3) is 0 Å². The maximum Gasteiger partial charge on any atom is 0.327 e. The smallest absolute Gasteiger partial charge is 0.327 e. The maximum atomic E-state index is 12.2. The molecule has 1 aromatic rings. The Morgan fingerprint density at radius 1 is 1.48 bits per heavy atom. The number of hydrogen-bond acceptors (Lipinski definition) is 4. The van der Waals surface area contributed by atoms with E-state index in [9.17, 15) is 4.79 Å². The number of halogens is 1. The van der Waals surface area contributed by atoms with Crippen LogP contribution in [0.1, 0.15) is 31.9 Å². The Labute approximate surface area is 130 Å². The zero-order chi connectivity index (χ0) is 15.2. The number of benzene rings is 1. The van der Waals surface area contributed by atoms with E-state index in [-0.39, 0.29) is 12.0 Å². The molecule has 5 heteroatoms. The van der Waals surface area contributed by atoms with Gasteiger partial charge in [-0.3, -0.25) is 5.32 Å². The summed E-state index contributed by atoms with van der Waals surface area (Å²) in [6, 6.07) is 6.99. The first-order chi connectivity index (χ1) is 10.1. The van der Waals surface area contributed by atoms with Gasteiger partial charge in [-0.1, -0.05) is 23.7 Å². The van der Waals surface area contributed by atoms with E-state index in [0.717, 1.165) is 25.2 Å². The highest BCUT2D eigenvalue weighted by Crippen LogP contribution is 2.22. The predicted molar refractivity (Wildman–Crippen MR) is 82.3 cm³/mol. The van der Waals surface area contributed by atoms with Crippen molar-refractivity contribution < 1.29 is 14.3 Å². The fraction of sp³-hybridized carbons (Fsp3) is 0.562. The molecule has 1 heterocycles. The van der Waals surface area contributed by atoms with Gasteiger partial charge in [-0.05, 0) is 43.9 Å². The zero-order valence-electron chi connectivity index (χ0n) is 12.5. The third-order valence-electron chi connectivity index (χ3n) is 3.83. The summed E-state index contributed by atoms with van der Waals surface area (Å²) in [5, 5.41) is 4.03. The fourth-order valence-electron chi connectivity index (χ4n) is 2.53. The zero-order valence-corrected chi connectivity index (χ0v) is 13.2. The molecular formula is C16H22ClNO3. The summed E-state index contributed by atoms with van der Waals surface area (Å²) in [6.07, 6.45) is 1.02. The third-order valence-corrected chi connectivity index (χ3v) is 4.08. The molecule has 0 spiro atoms. The Balaban J connectivity index is 2.11. The standard InChI is InChI=1S/C16H22ClNO3/c1-3-21-16(19)15(12-4-6-14(17)7-5-12)18-11(2)13-8-9-20-10-13/h4-7,11,13,15,18H,3,8-10H2,1-2H3/t11-,13+,15+/m0/s1. The summed E-state index contributed by atoms with van der Waals surface area (Å²) < 4.78 is 10.6. The summed E-state index contributed by atoms with van der Waals surface area (Å²) in [5.41, 5.74) is 0.864. The Morgan fingerprint density at radius 3 is 2.76 bits per heavy atom. The molecule has 0 bridgehead atoms. The van der Waals surface area contributed by atoms with Crippen molar-refractivity contribution in [2.75, 3.05) is 19.8 Å². The number of nitrogens with one attached hydrogen (secondary N) is 1. The number of ether oxygens (including phenoxy) is 2. The molecule has 0 amide bonds. The monoisotopic (exact) mass is 311 g/mol. The van der Waals surface area contributed by atoms with E-state index in [0.29, 0.717) is 17.5 Å². The quantitative estimate of drug-likeness (QED) is 0.821. The van der Waals surface area contributed by atoms with Crippen LogP contribution in [0.4, 0.5) is 0 Å². The summed E-state index contributed by atoms with van der Waals surface area (Å²) in [4.78, 5) is 12.2. The van der Waals surface area contributed by atoms with Crippen LogP contribution in [0.15, 0.2) is 24.3 Å². The minimum atomic E-state index is -0.474. The molecule has 0 radical (unpaired) electrons. The van der Waals surface area contributed by atoms with Gasteiger partial charge in [0, 0.05) is 17.7 Å². The average Bonchev–Trinajstić information content (AvgIpc) is 3.00. The summed E-state index contributed by atoms with van der Waals surface area (Å²) in [7, 11) is 0.